The van der Waals surface area contributed by atoms with Gasteiger partial charge >= 0.3 is 0 Å². The molecule has 5 nitrogen and oxygen atoms in total. The van der Waals surface area contributed by atoms with Gasteiger partial charge in [-0.25, -0.2) is 0 Å². The maximum absolute atomic E-state index is 6.53. The molecule has 0 saturated carbocycles. The summed E-state index contributed by atoms with van der Waals surface area (Å²) in [5.74, 6) is 0.848. The van der Waals surface area contributed by atoms with Crippen molar-refractivity contribution in [2.75, 3.05) is 39.5 Å². The molecular weight excluding hydrogens is 350 g/mol. The van der Waals surface area contributed by atoms with Crippen molar-refractivity contribution in [1.82, 2.24) is 10.6 Å². The molecule has 1 atom stereocenters. The summed E-state index contributed by atoms with van der Waals surface area (Å²) in [6.45, 7) is 6.78. The Bertz CT molecular complexity index is 596. The van der Waals surface area contributed by atoms with Gasteiger partial charge in [0, 0.05) is 43.3 Å². The van der Waals surface area contributed by atoms with Crippen LogP contribution in [0.4, 0.5) is 0 Å². The van der Waals surface area contributed by atoms with E-state index in [1.807, 2.05) is 12.1 Å². The van der Waals surface area contributed by atoms with Crippen molar-refractivity contribution in [2.45, 2.75) is 44.1 Å². The Morgan fingerprint density at radius 2 is 2.04 bits per heavy atom. The monoisotopic (exact) mass is 379 g/mol. The molecule has 0 radical (unpaired) electrons. The van der Waals surface area contributed by atoms with E-state index in [1.54, 1.807) is 0 Å². The predicted molar refractivity (Wildman–Crippen MR) is 106 cm³/mol. The third kappa shape index (κ3) is 4.90. The van der Waals surface area contributed by atoms with Gasteiger partial charge in [-0.1, -0.05) is 29.8 Å². The molecule has 1 unspecified atom stereocenters. The fourth-order valence-electron chi connectivity index (χ4n) is 3.75. The van der Waals surface area contributed by atoms with Crippen LogP contribution in [0.3, 0.4) is 0 Å². The Morgan fingerprint density at radius 3 is 2.73 bits per heavy atom. The van der Waals surface area contributed by atoms with Gasteiger partial charge in [0.05, 0.1) is 12.6 Å². The third-order valence-corrected chi connectivity index (χ3v) is 5.63. The zero-order valence-electron chi connectivity index (χ0n) is 15.6. The van der Waals surface area contributed by atoms with Gasteiger partial charge in [-0.2, -0.15) is 0 Å². The summed E-state index contributed by atoms with van der Waals surface area (Å²) in [5.41, 5.74) is 1.12. The number of nitrogens with one attached hydrogen (secondary N) is 2. The number of rotatable bonds is 6. The fourth-order valence-corrected chi connectivity index (χ4v) is 4.09. The highest BCUT2D eigenvalue weighted by atomic mass is 35.5. The van der Waals surface area contributed by atoms with E-state index in [2.05, 4.69) is 29.7 Å². The first-order valence-electron chi connectivity index (χ1n) is 9.70. The van der Waals surface area contributed by atoms with Gasteiger partial charge in [-0.3, -0.25) is 4.99 Å². The van der Waals surface area contributed by atoms with Crippen molar-refractivity contribution in [3.05, 3.63) is 34.9 Å². The molecule has 2 aliphatic rings. The van der Waals surface area contributed by atoms with Gasteiger partial charge in [-0.05, 0) is 44.2 Å². The number of aliphatic imine (C=N–C) groups is 1. The molecule has 0 aromatic heterocycles. The van der Waals surface area contributed by atoms with Gasteiger partial charge in [0.25, 0.3) is 0 Å². The standard InChI is InChI=1S/C20H30ClN3O2/c1-2-22-19(23-14-16-6-5-11-26-16)24-15-20(9-12-25-13-10-20)17-7-3-4-8-18(17)21/h3-4,7-8,16H,2,5-6,9-15H2,1H3,(H2,22,23,24). The number of hydrogen-bond acceptors (Lipinski definition) is 3. The van der Waals surface area contributed by atoms with Crippen molar-refractivity contribution in [2.24, 2.45) is 4.99 Å². The van der Waals surface area contributed by atoms with Crippen LogP contribution >= 0.6 is 11.6 Å². The number of benzene rings is 1. The second kappa shape index (κ2) is 9.58. The number of halogens is 1. The smallest absolute Gasteiger partial charge is 0.191 e. The molecule has 26 heavy (non-hydrogen) atoms. The summed E-state index contributed by atoms with van der Waals surface area (Å²) < 4.78 is 11.3. The third-order valence-electron chi connectivity index (χ3n) is 5.30. The molecular formula is C20H30ClN3O2. The van der Waals surface area contributed by atoms with E-state index in [0.29, 0.717) is 12.6 Å². The minimum atomic E-state index is -0.0667. The first-order valence-corrected chi connectivity index (χ1v) is 10.1. The zero-order chi connectivity index (χ0) is 18.2. The molecule has 2 heterocycles. The quantitative estimate of drug-likeness (QED) is 0.589. The summed E-state index contributed by atoms with van der Waals surface area (Å²) in [5, 5.41) is 7.60. The van der Waals surface area contributed by atoms with E-state index in [0.717, 1.165) is 69.6 Å². The van der Waals surface area contributed by atoms with Gasteiger partial charge in [0.2, 0.25) is 0 Å². The minimum absolute atomic E-state index is 0.0667. The van der Waals surface area contributed by atoms with Crippen molar-refractivity contribution >= 4 is 17.6 Å². The van der Waals surface area contributed by atoms with Crippen LogP contribution in [0.15, 0.2) is 29.3 Å². The predicted octanol–water partition coefficient (Wildman–Crippen LogP) is 3.12. The Labute approximate surface area is 161 Å². The summed E-state index contributed by atoms with van der Waals surface area (Å²) in [6.07, 6.45) is 4.43. The van der Waals surface area contributed by atoms with Crippen LogP contribution in [0, 0.1) is 0 Å². The molecule has 0 amide bonds. The van der Waals surface area contributed by atoms with Crippen LogP contribution in [0.2, 0.25) is 5.02 Å². The van der Waals surface area contributed by atoms with Gasteiger partial charge in [0.1, 0.15) is 0 Å². The highest BCUT2D eigenvalue weighted by Crippen LogP contribution is 2.38. The maximum atomic E-state index is 6.53. The topological polar surface area (TPSA) is 54.9 Å². The van der Waals surface area contributed by atoms with E-state index in [1.165, 1.54) is 5.56 Å². The Balaban J connectivity index is 1.73. The highest BCUT2D eigenvalue weighted by molar-refractivity contribution is 6.31. The van der Waals surface area contributed by atoms with Crippen LogP contribution in [0.25, 0.3) is 0 Å². The number of guanidine groups is 1. The van der Waals surface area contributed by atoms with Crippen molar-refractivity contribution in [3.63, 3.8) is 0 Å². The summed E-state index contributed by atoms with van der Waals surface area (Å²) in [7, 11) is 0. The molecule has 0 spiro atoms. The van der Waals surface area contributed by atoms with Gasteiger partial charge in [0.15, 0.2) is 5.96 Å². The molecule has 2 N–H and O–H groups in total. The molecule has 0 aliphatic carbocycles. The van der Waals surface area contributed by atoms with Gasteiger partial charge < -0.3 is 20.1 Å². The lowest BCUT2D eigenvalue weighted by molar-refractivity contribution is 0.0531. The average molecular weight is 380 g/mol. The van der Waals surface area contributed by atoms with Crippen molar-refractivity contribution in [1.29, 1.82) is 0 Å². The second-order valence-electron chi connectivity index (χ2n) is 7.08. The molecule has 3 rings (SSSR count). The van der Waals surface area contributed by atoms with Gasteiger partial charge in [-0.15, -0.1) is 0 Å². The van der Waals surface area contributed by atoms with Crippen LogP contribution in [-0.2, 0) is 14.9 Å². The number of ether oxygens (including phenoxy) is 2. The molecule has 6 heteroatoms. The van der Waals surface area contributed by atoms with Crippen molar-refractivity contribution < 1.29 is 9.47 Å². The summed E-state index contributed by atoms with van der Waals surface area (Å²) in [4.78, 5) is 4.91. The normalized spacial score (nSPS) is 23.0. The largest absolute Gasteiger partial charge is 0.381 e. The SMILES string of the molecule is CCNC(=NCC1(c2ccccc2Cl)CCOCC1)NCC1CCCO1. The Hall–Kier alpha value is -1.30. The lowest BCUT2D eigenvalue weighted by Gasteiger charge is -2.37. The number of hydrogen-bond donors (Lipinski definition) is 2. The molecule has 2 aliphatic heterocycles. The lowest BCUT2D eigenvalue weighted by Crippen LogP contribution is -2.43. The Kier molecular flexibility index (Phi) is 7.17. The van der Waals surface area contributed by atoms with Crippen molar-refractivity contribution in [3.8, 4) is 0 Å². The first-order chi connectivity index (χ1) is 12.7. The molecule has 2 fully saturated rings. The zero-order valence-corrected chi connectivity index (χ0v) is 16.4. The fraction of sp³-hybridized carbons (Fsp3) is 0.650. The molecule has 2 saturated heterocycles. The van der Waals surface area contributed by atoms with Crippen LogP contribution in [-0.4, -0.2) is 51.5 Å². The minimum Gasteiger partial charge on any atom is -0.381 e. The maximum Gasteiger partial charge on any atom is 0.191 e. The second-order valence-corrected chi connectivity index (χ2v) is 7.49. The Morgan fingerprint density at radius 1 is 1.23 bits per heavy atom. The first kappa shape index (κ1) is 19.5. The van der Waals surface area contributed by atoms with Crippen LogP contribution < -0.4 is 10.6 Å². The molecule has 1 aromatic carbocycles. The van der Waals surface area contributed by atoms with Crippen LogP contribution in [0.5, 0.6) is 0 Å². The van der Waals surface area contributed by atoms with E-state index in [-0.39, 0.29) is 5.41 Å². The van der Waals surface area contributed by atoms with E-state index in [4.69, 9.17) is 26.1 Å². The average Bonchev–Trinajstić information content (AvgIpc) is 3.19. The molecule has 0 bridgehead atoms. The highest BCUT2D eigenvalue weighted by Gasteiger charge is 2.36. The number of nitrogens with zero attached hydrogens (tertiary/aromatic N) is 1. The molecule has 1 aromatic rings. The summed E-state index contributed by atoms with van der Waals surface area (Å²) >= 11 is 6.53. The van der Waals surface area contributed by atoms with E-state index < -0.39 is 0 Å². The van der Waals surface area contributed by atoms with E-state index >= 15 is 0 Å². The van der Waals surface area contributed by atoms with E-state index in [9.17, 15) is 0 Å². The summed E-state index contributed by atoms with van der Waals surface area (Å²) in [6, 6.07) is 8.15. The lowest BCUT2D eigenvalue weighted by atomic mass is 9.74. The van der Waals surface area contributed by atoms with Crippen LogP contribution in [0.1, 0.15) is 38.2 Å². The molecule has 144 valence electrons.